The van der Waals surface area contributed by atoms with E-state index in [9.17, 15) is 19.1 Å². The highest BCUT2D eigenvalue weighted by Crippen LogP contribution is 2.05. The second-order valence-corrected chi connectivity index (χ2v) is 5.25. The summed E-state index contributed by atoms with van der Waals surface area (Å²) in [6.07, 6.45) is -0.0294. The Morgan fingerprint density at radius 3 is 2.52 bits per heavy atom. The van der Waals surface area contributed by atoms with Crippen LogP contribution in [0.15, 0.2) is 24.3 Å². The molecule has 6 heteroatoms. The Morgan fingerprint density at radius 1 is 1.24 bits per heavy atom. The lowest BCUT2D eigenvalue weighted by molar-refractivity contribution is -0.120. The first-order valence-corrected chi connectivity index (χ1v) is 6.87. The largest absolute Gasteiger partial charge is 0.391 e. The van der Waals surface area contributed by atoms with Gasteiger partial charge in [-0.3, -0.25) is 9.59 Å². The first-order chi connectivity index (χ1) is 9.90. The third-order valence-electron chi connectivity index (χ3n) is 2.81. The molecule has 1 unspecified atom stereocenters. The minimum absolute atomic E-state index is 0.106. The highest BCUT2D eigenvalue weighted by atomic mass is 19.1. The van der Waals surface area contributed by atoms with Crippen LogP contribution in [0.1, 0.15) is 30.6 Å². The number of benzene rings is 1. The van der Waals surface area contributed by atoms with Crippen molar-refractivity contribution in [1.82, 2.24) is 10.6 Å². The summed E-state index contributed by atoms with van der Waals surface area (Å²) < 4.78 is 13.3. The number of aliphatic hydroxyl groups excluding tert-OH is 1. The molecule has 1 aromatic carbocycles. The van der Waals surface area contributed by atoms with E-state index < -0.39 is 23.7 Å². The fourth-order valence-electron chi connectivity index (χ4n) is 1.82. The normalized spacial score (nSPS) is 12.0. The fourth-order valence-corrected chi connectivity index (χ4v) is 1.82. The van der Waals surface area contributed by atoms with Gasteiger partial charge in [-0.05, 0) is 24.5 Å². The molecule has 0 spiro atoms. The molecule has 0 aromatic heterocycles. The maximum atomic E-state index is 13.3. The number of aliphatic hydroxyl groups is 1. The number of nitrogens with one attached hydrogen (secondary N) is 2. The molecule has 0 saturated carbocycles. The number of hydrogen-bond acceptors (Lipinski definition) is 3. The van der Waals surface area contributed by atoms with E-state index in [4.69, 9.17) is 0 Å². The molecule has 1 atom stereocenters. The van der Waals surface area contributed by atoms with Crippen LogP contribution in [-0.4, -0.2) is 36.1 Å². The van der Waals surface area contributed by atoms with Crippen molar-refractivity contribution in [3.63, 3.8) is 0 Å². The average Bonchev–Trinajstić information content (AvgIpc) is 2.42. The maximum absolute atomic E-state index is 13.3. The fraction of sp³-hybridized carbons (Fsp3) is 0.467. The Hall–Kier alpha value is -1.95. The van der Waals surface area contributed by atoms with Crippen molar-refractivity contribution in [2.75, 3.05) is 13.1 Å². The summed E-state index contributed by atoms with van der Waals surface area (Å²) in [5, 5.41) is 14.5. The molecule has 0 radical (unpaired) electrons. The number of amides is 2. The number of carbonyl (C=O) groups excluding carboxylic acids is 2. The SMILES string of the molecule is CC(C)CC(O)CNC(=O)CNC(=O)c1ccccc1F. The molecule has 3 N–H and O–H groups in total. The van der Waals surface area contributed by atoms with Gasteiger partial charge in [0.25, 0.3) is 5.91 Å². The Labute approximate surface area is 123 Å². The quantitative estimate of drug-likeness (QED) is 0.704. The van der Waals surface area contributed by atoms with Crippen molar-refractivity contribution in [2.45, 2.75) is 26.4 Å². The van der Waals surface area contributed by atoms with Gasteiger partial charge < -0.3 is 15.7 Å². The molecule has 21 heavy (non-hydrogen) atoms. The topological polar surface area (TPSA) is 78.4 Å². The third kappa shape index (κ3) is 6.35. The smallest absolute Gasteiger partial charge is 0.254 e. The minimum atomic E-state index is -0.647. The zero-order valence-corrected chi connectivity index (χ0v) is 12.2. The summed E-state index contributed by atoms with van der Waals surface area (Å²) in [6, 6.07) is 5.54. The molecule has 0 heterocycles. The zero-order chi connectivity index (χ0) is 15.8. The summed E-state index contributed by atoms with van der Waals surface area (Å²) in [5.41, 5.74) is -0.106. The Kier molecular flexibility index (Phi) is 6.81. The monoisotopic (exact) mass is 296 g/mol. The van der Waals surface area contributed by atoms with Crippen molar-refractivity contribution >= 4 is 11.8 Å². The van der Waals surface area contributed by atoms with Crippen LogP contribution in [0.3, 0.4) is 0 Å². The van der Waals surface area contributed by atoms with Gasteiger partial charge in [0.05, 0.1) is 18.2 Å². The van der Waals surface area contributed by atoms with E-state index in [2.05, 4.69) is 10.6 Å². The van der Waals surface area contributed by atoms with Gasteiger partial charge in [0, 0.05) is 6.54 Å². The molecule has 0 fully saturated rings. The lowest BCUT2D eigenvalue weighted by Gasteiger charge is -2.14. The summed E-state index contributed by atoms with van der Waals surface area (Å²) in [6.45, 7) is 3.81. The number of hydrogen-bond donors (Lipinski definition) is 3. The average molecular weight is 296 g/mol. The molecule has 0 bridgehead atoms. The van der Waals surface area contributed by atoms with Crippen molar-refractivity contribution in [2.24, 2.45) is 5.92 Å². The highest BCUT2D eigenvalue weighted by Gasteiger charge is 2.13. The van der Waals surface area contributed by atoms with E-state index in [0.717, 1.165) is 0 Å². The van der Waals surface area contributed by atoms with Gasteiger partial charge >= 0.3 is 0 Å². The maximum Gasteiger partial charge on any atom is 0.254 e. The predicted molar refractivity (Wildman–Crippen MR) is 77.2 cm³/mol. The first-order valence-electron chi connectivity index (χ1n) is 6.87. The Morgan fingerprint density at radius 2 is 1.90 bits per heavy atom. The predicted octanol–water partition coefficient (Wildman–Crippen LogP) is 1.08. The van der Waals surface area contributed by atoms with Gasteiger partial charge in [0.1, 0.15) is 5.82 Å². The van der Waals surface area contributed by atoms with E-state index in [0.29, 0.717) is 12.3 Å². The van der Waals surface area contributed by atoms with E-state index in [1.54, 1.807) is 6.07 Å². The molecule has 116 valence electrons. The molecule has 5 nitrogen and oxygen atoms in total. The van der Waals surface area contributed by atoms with E-state index in [-0.39, 0.29) is 18.7 Å². The molecular weight excluding hydrogens is 275 g/mol. The van der Waals surface area contributed by atoms with Crippen molar-refractivity contribution in [3.05, 3.63) is 35.6 Å². The number of halogens is 1. The Balaban J connectivity index is 2.33. The van der Waals surface area contributed by atoms with Gasteiger partial charge in [-0.1, -0.05) is 26.0 Å². The van der Waals surface area contributed by atoms with Crippen molar-refractivity contribution in [1.29, 1.82) is 0 Å². The molecule has 0 aliphatic rings. The lowest BCUT2D eigenvalue weighted by atomic mass is 10.1. The van der Waals surface area contributed by atoms with Gasteiger partial charge in [-0.2, -0.15) is 0 Å². The van der Waals surface area contributed by atoms with E-state index in [1.165, 1.54) is 18.2 Å². The summed E-state index contributed by atoms with van der Waals surface area (Å²) in [4.78, 5) is 23.2. The van der Waals surface area contributed by atoms with Gasteiger partial charge in [-0.15, -0.1) is 0 Å². The molecule has 0 aliphatic heterocycles. The molecule has 2 amide bonds. The number of carbonyl (C=O) groups is 2. The molecule has 1 aromatic rings. The lowest BCUT2D eigenvalue weighted by Crippen LogP contribution is -2.40. The minimum Gasteiger partial charge on any atom is -0.391 e. The molecule has 0 saturated heterocycles. The molecular formula is C15H21FN2O3. The van der Waals surface area contributed by atoms with Crippen LogP contribution in [0.2, 0.25) is 0 Å². The van der Waals surface area contributed by atoms with Crippen LogP contribution in [-0.2, 0) is 4.79 Å². The first kappa shape index (κ1) is 17.1. The van der Waals surface area contributed by atoms with E-state index >= 15 is 0 Å². The van der Waals surface area contributed by atoms with Gasteiger partial charge in [0.15, 0.2) is 0 Å². The van der Waals surface area contributed by atoms with Crippen LogP contribution in [0, 0.1) is 11.7 Å². The summed E-state index contributed by atoms with van der Waals surface area (Å²) in [5.74, 6) is -1.38. The Bertz CT molecular complexity index is 492. The van der Waals surface area contributed by atoms with Crippen LogP contribution >= 0.6 is 0 Å². The number of rotatable bonds is 7. The van der Waals surface area contributed by atoms with Crippen molar-refractivity contribution in [3.8, 4) is 0 Å². The van der Waals surface area contributed by atoms with Crippen LogP contribution in [0.5, 0.6) is 0 Å². The van der Waals surface area contributed by atoms with Gasteiger partial charge in [0.2, 0.25) is 5.91 Å². The van der Waals surface area contributed by atoms with Crippen molar-refractivity contribution < 1.29 is 19.1 Å². The zero-order valence-electron chi connectivity index (χ0n) is 12.2. The van der Waals surface area contributed by atoms with E-state index in [1.807, 2.05) is 13.8 Å². The highest BCUT2D eigenvalue weighted by molar-refractivity contribution is 5.96. The standard InChI is InChI=1S/C15H21FN2O3/c1-10(2)7-11(19)8-17-14(20)9-18-15(21)12-5-3-4-6-13(12)16/h3-6,10-11,19H,7-9H2,1-2H3,(H,17,20)(H,18,21). The second kappa shape index (κ2) is 8.36. The van der Waals surface area contributed by atoms with Crippen LogP contribution in [0.4, 0.5) is 4.39 Å². The molecule has 1 rings (SSSR count). The second-order valence-electron chi connectivity index (χ2n) is 5.25. The summed E-state index contributed by atoms with van der Waals surface area (Å²) >= 11 is 0. The van der Waals surface area contributed by atoms with Crippen LogP contribution < -0.4 is 10.6 Å². The van der Waals surface area contributed by atoms with Gasteiger partial charge in [-0.25, -0.2) is 4.39 Å². The van der Waals surface area contributed by atoms with Crippen LogP contribution in [0.25, 0.3) is 0 Å². The summed E-state index contributed by atoms with van der Waals surface area (Å²) in [7, 11) is 0. The third-order valence-corrected chi connectivity index (χ3v) is 2.81. The molecule has 0 aliphatic carbocycles.